The molecule has 0 saturated heterocycles. The summed E-state index contributed by atoms with van der Waals surface area (Å²) in [6, 6.07) is 12.5. The summed E-state index contributed by atoms with van der Waals surface area (Å²) in [6.45, 7) is 0. The van der Waals surface area contributed by atoms with Crippen LogP contribution in [0.3, 0.4) is 0 Å². The number of aromatic nitrogens is 1. The quantitative estimate of drug-likeness (QED) is 0.546. The van der Waals surface area contributed by atoms with Gasteiger partial charge in [0.2, 0.25) is 0 Å². The van der Waals surface area contributed by atoms with Crippen molar-refractivity contribution >= 4 is 61.5 Å². The maximum absolute atomic E-state index is 12.2. The Hall–Kier alpha value is -1.40. The van der Waals surface area contributed by atoms with Crippen LogP contribution in [0.4, 0.5) is 5.13 Å². The molecule has 0 saturated carbocycles. The van der Waals surface area contributed by atoms with Gasteiger partial charge in [-0.15, -0.1) is 11.3 Å². The minimum Gasteiger partial charge on any atom is -0.298 e. The van der Waals surface area contributed by atoms with E-state index >= 15 is 0 Å². The van der Waals surface area contributed by atoms with E-state index in [1.54, 1.807) is 24.3 Å². The van der Waals surface area contributed by atoms with Crippen LogP contribution in [0.5, 0.6) is 0 Å². The van der Waals surface area contributed by atoms with Crippen LogP contribution >= 0.6 is 50.5 Å². The van der Waals surface area contributed by atoms with E-state index < -0.39 is 0 Å². The first-order valence-corrected chi connectivity index (χ1v) is 8.93. The van der Waals surface area contributed by atoms with E-state index in [-0.39, 0.29) is 5.91 Å². The second-order valence-corrected chi connectivity index (χ2v) is 7.22. The van der Waals surface area contributed by atoms with Gasteiger partial charge < -0.3 is 0 Å². The molecule has 3 rings (SSSR count). The average Bonchev–Trinajstić information content (AvgIpc) is 2.98. The second kappa shape index (κ2) is 7.01. The van der Waals surface area contributed by atoms with E-state index in [1.807, 2.05) is 23.6 Å². The molecule has 1 amide bonds. The Labute approximate surface area is 155 Å². The minimum absolute atomic E-state index is 0.207. The number of carbonyl (C=O) groups is 1. The molecule has 0 radical (unpaired) electrons. The zero-order valence-corrected chi connectivity index (χ0v) is 15.4. The fourth-order valence-corrected chi connectivity index (χ4v) is 3.33. The van der Waals surface area contributed by atoms with Crippen LogP contribution in [-0.2, 0) is 0 Å². The summed E-state index contributed by atoms with van der Waals surface area (Å²) in [4.78, 5) is 16.6. The van der Waals surface area contributed by atoms with E-state index in [4.69, 9.17) is 23.2 Å². The highest BCUT2D eigenvalue weighted by molar-refractivity contribution is 9.10. The molecule has 116 valence electrons. The Balaban J connectivity index is 1.79. The SMILES string of the molecule is O=C(Nc1nc(-c2ccc(Cl)c(Cl)c2)cs1)c1cccc(Br)c1. The van der Waals surface area contributed by atoms with Crippen molar-refractivity contribution < 1.29 is 4.79 Å². The van der Waals surface area contributed by atoms with Crippen molar-refractivity contribution in [2.24, 2.45) is 0 Å². The van der Waals surface area contributed by atoms with Crippen molar-refractivity contribution in [3.63, 3.8) is 0 Å². The molecule has 0 atom stereocenters. The van der Waals surface area contributed by atoms with Crippen LogP contribution in [0.2, 0.25) is 10.0 Å². The molecular formula is C16H9BrCl2N2OS. The molecule has 3 aromatic rings. The first-order chi connectivity index (χ1) is 11.0. The summed E-state index contributed by atoms with van der Waals surface area (Å²) in [5, 5.41) is 6.14. The van der Waals surface area contributed by atoms with E-state index in [0.29, 0.717) is 20.7 Å². The highest BCUT2D eigenvalue weighted by atomic mass is 79.9. The summed E-state index contributed by atoms with van der Waals surface area (Å²) < 4.78 is 0.848. The van der Waals surface area contributed by atoms with Gasteiger partial charge in [-0.1, -0.05) is 51.3 Å². The Morgan fingerprint density at radius 3 is 2.70 bits per heavy atom. The molecule has 0 bridgehead atoms. The molecule has 1 N–H and O–H groups in total. The van der Waals surface area contributed by atoms with Crippen molar-refractivity contribution in [2.75, 3.05) is 5.32 Å². The second-order valence-electron chi connectivity index (χ2n) is 4.63. The van der Waals surface area contributed by atoms with Crippen molar-refractivity contribution in [1.82, 2.24) is 4.98 Å². The lowest BCUT2D eigenvalue weighted by Gasteiger charge is -2.02. The number of hydrogen-bond acceptors (Lipinski definition) is 3. The number of halogens is 3. The third-order valence-electron chi connectivity index (χ3n) is 3.03. The van der Waals surface area contributed by atoms with E-state index in [0.717, 1.165) is 15.7 Å². The standard InChI is InChI=1S/C16H9BrCl2N2OS/c17-11-3-1-2-10(6-11)15(22)21-16-20-14(8-23-16)9-4-5-12(18)13(19)7-9/h1-8H,(H,20,21,22). The topological polar surface area (TPSA) is 42.0 Å². The highest BCUT2D eigenvalue weighted by Gasteiger charge is 2.11. The number of nitrogens with zero attached hydrogens (tertiary/aromatic N) is 1. The first-order valence-electron chi connectivity index (χ1n) is 6.51. The molecular weight excluding hydrogens is 419 g/mol. The average molecular weight is 428 g/mol. The maximum atomic E-state index is 12.2. The zero-order valence-electron chi connectivity index (χ0n) is 11.5. The third-order valence-corrected chi connectivity index (χ3v) is 5.02. The van der Waals surface area contributed by atoms with Crippen molar-refractivity contribution in [3.05, 3.63) is 67.9 Å². The molecule has 0 fully saturated rings. The number of benzene rings is 2. The van der Waals surface area contributed by atoms with Crippen LogP contribution in [0.1, 0.15) is 10.4 Å². The van der Waals surface area contributed by atoms with Crippen LogP contribution in [-0.4, -0.2) is 10.9 Å². The molecule has 0 aliphatic rings. The lowest BCUT2D eigenvalue weighted by molar-refractivity contribution is 0.102. The summed E-state index contributed by atoms with van der Waals surface area (Å²) in [5.74, 6) is -0.207. The molecule has 7 heteroatoms. The molecule has 1 aromatic heterocycles. The smallest absolute Gasteiger partial charge is 0.257 e. The van der Waals surface area contributed by atoms with Crippen molar-refractivity contribution in [3.8, 4) is 11.3 Å². The Kier molecular flexibility index (Phi) is 5.02. The van der Waals surface area contributed by atoms with Gasteiger partial charge in [-0.3, -0.25) is 10.1 Å². The fraction of sp³-hybridized carbons (Fsp3) is 0. The number of anilines is 1. The van der Waals surface area contributed by atoms with Gasteiger partial charge in [0.1, 0.15) is 0 Å². The monoisotopic (exact) mass is 426 g/mol. The largest absolute Gasteiger partial charge is 0.298 e. The van der Waals surface area contributed by atoms with Gasteiger partial charge in [-0.05, 0) is 30.3 Å². The van der Waals surface area contributed by atoms with Crippen molar-refractivity contribution in [1.29, 1.82) is 0 Å². The van der Waals surface area contributed by atoms with Crippen LogP contribution in [0, 0.1) is 0 Å². The maximum Gasteiger partial charge on any atom is 0.257 e. The third kappa shape index (κ3) is 3.93. The van der Waals surface area contributed by atoms with Crippen LogP contribution in [0.15, 0.2) is 52.3 Å². The van der Waals surface area contributed by atoms with E-state index in [1.165, 1.54) is 11.3 Å². The van der Waals surface area contributed by atoms with Gasteiger partial charge in [0.15, 0.2) is 5.13 Å². The summed E-state index contributed by atoms with van der Waals surface area (Å²) in [6.07, 6.45) is 0. The molecule has 23 heavy (non-hydrogen) atoms. The van der Waals surface area contributed by atoms with Gasteiger partial charge in [0.25, 0.3) is 5.91 Å². The number of carbonyl (C=O) groups excluding carboxylic acids is 1. The van der Waals surface area contributed by atoms with Gasteiger partial charge in [0, 0.05) is 21.0 Å². The lowest BCUT2D eigenvalue weighted by atomic mass is 10.2. The Morgan fingerprint density at radius 1 is 1.13 bits per heavy atom. The van der Waals surface area contributed by atoms with Gasteiger partial charge in [0.05, 0.1) is 15.7 Å². The van der Waals surface area contributed by atoms with E-state index in [2.05, 4.69) is 26.2 Å². The van der Waals surface area contributed by atoms with Gasteiger partial charge in [-0.2, -0.15) is 0 Å². The zero-order chi connectivity index (χ0) is 16.4. The molecule has 0 spiro atoms. The molecule has 3 nitrogen and oxygen atoms in total. The van der Waals surface area contributed by atoms with Crippen molar-refractivity contribution in [2.45, 2.75) is 0 Å². The molecule has 0 aliphatic carbocycles. The lowest BCUT2D eigenvalue weighted by Crippen LogP contribution is -2.11. The van der Waals surface area contributed by atoms with Crippen LogP contribution in [0.25, 0.3) is 11.3 Å². The number of rotatable bonds is 3. The summed E-state index contributed by atoms with van der Waals surface area (Å²) in [7, 11) is 0. The number of amides is 1. The van der Waals surface area contributed by atoms with Gasteiger partial charge >= 0.3 is 0 Å². The highest BCUT2D eigenvalue weighted by Crippen LogP contribution is 2.30. The minimum atomic E-state index is -0.207. The Morgan fingerprint density at radius 2 is 1.96 bits per heavy atom. The predicted octanol–water partition coefficient (Wildman–Crippen LogP) is 6.13. The normalized spacial score (nSPS) is 10.6. The molecule has 2 aromatic carbocycles. The summed E-state index contributed by atoms with van der Waals surface area (Å²) in [5.41, 5.74) is 2.14. The fourth-order valence-electron chi connectivity index (χ4n) is 1.92. The van der Waals surface area contributed by atoms with Gasteiger partial charge in [-0.25, -0.2) is 4.98 Å². The van der Waals surface area contributed by atoms with E-state index in [9.17, 15) is 4.79 Å². The summed E-state index contributed by atoms with van der Waals surface area (Å²) >= 11 is 16.6. The number of nitrogens with one attached hydrogen (secondary N) is 1. The first kappa shape index (κ1) is 16.5. The molecule has 0 aliphatic heterocycles. The molecule has 0 unspecified atom stereocenters. The van der Waals surface area contributed by atoms with Crippen LogP contribution < -0.4 is 5.32 Å². The molecule has 1 heterocycles. The number of hydrogen-bond donors (Lipinski definition) is 1. The number of thiazole rings is 1. The Bertz CT molecular complexity index is 882. The predicted molar refractivity (Wildman–Crippen MR) is 99.7 cm³/mol.